The van der Waals surface area contributed by atoms with Crippen molar-refractivity contribution >= 4 is 28.4 Å². The molecule has 3 aromatic rings. The number of aromatic nitrogens is 1. The zero-order valence-corrected chi connectivity index (χ0v) is 12.8. The summed E-state index contributed by atoms with van der Waals surface area (Å²) < 4.78 is 5.12. The normalized spacial score (nSPS) is 11.2. The summed E-state index contributed by atoms with van der Waals surface area (Å²) in [6.45, 7) is -0.175. The highest BCUT2D eigenvalue weighted by Gasteiger charge is 2.05. The molecular weight excluding hydrogens is 304 g/mol. The number of nitrogens with one attached hydrogen (secondary N) is 1. The first kappa shape index (κ1) is 15.5. The molecule has 1 aromatic heterocycles. The van der Waals surface area contributed by atoms with E-state index in [0.29, 0.717) is 5.75 Å². The lowest BCUT2D eigenvalue weighted by Gasteiger charge is -2.09. The first-order valence-corrected chi connectivity index (χ1v) is 7.38. The SMILES string of the molecule is NC(=NCC(=O)Oc1ccncc1)Nc1cccc2ccccc12. The minimum atomic E-state index is -0.496. The number of rotatable bonds is 4. The number of esters is 1. The van der Waals surface area contributed by atoms with Crippen LogP contribution in [0.1, 0.15) is 0 Å². The molecule has 0 saturated carbocycles. The number of anilines is 1. The van der Waals surface area contributed by atoms with Crippen molar-refractivity contribution < 1.29 is 9.53 Å². The molecule has 0 aliphatic rings. The van der Waals surface area contributed by atoms with Crippen LogP contribution in [0.15, 0.2) is 72.0 Å². The van der Waals surface area contributed by atoms with Crippen molar-refractivity contribution in [2.24, 2.45) is 10.7 Å². The Morgan fingerprint density at radius 3 is 2.67 bits per heavy atom. The molecular formula is C18H16N4O2. The summed E-state index contributed by atoms with van der Waals surface area (Å²) in [6, 6.07) is 17.0. The lowest BCUT2D eigenvalue weighted by atomic mass is 10.1. The Hall–Kier alpha value is -3.41. The van der Waals surface area contributed by atoms with Crippen LogP contribution in [0.25, 0.3) is 10.8 Å². The van der Waals surface area contributed by atoms with Crippen LogP contribution in [0.3, 0.4) is 0 Å². The average molecular weight is 320 g/mol. The number of nitrogens with zero attached hydrogens (tertiary/aromatic N) is 2. The fourth-order valence-corrected chi connectivity index (χ4v) is 2.23. The van der Waals surface area contributed by atoms with Gasteiger partial charge in [-0.2, -0.15) is 0 Å². The van der Waals surface area contributed by atoms with Crippen LogP contribution in [0.5, 0.6) is 5.75 Å². The Morgan fingerprint density at radius 1 is 1.08 bits per heavy atom. The van der Waals surface area contributed by atoms with E-state index in [4.69, 9.17) is 10.5 Å². The van der Waals surface area contributed by atoms with Gasteiger partial charge in [-0.05, 0) is 23.6 Å². The fourth-order valence-electron chi connectivity index (χ4n) is 2.23. The summed E-state index contributed by atoms with van der Waals surface area (Å²) in [5, 5.41) is 5.13. The van der Waals surface area contributed by atoms with Gasteiger partial charge in [0, 0.05) is 23.5 Å². The maximum Gasteiger partial charge on any atom is 0.333 e. The van der Waals surface area contributed by atoms with Gasteiger partial charge < -0.3 is 15.8 Å². The number of aliphatic imine (C=N–C) groups is 1. The minimum Gasteiger partial charge on any atom is -0.425 e. The number of hydrogen-bond donors (Lipinski definition) is 2. The van der Waals surface area contributed by atoms with Crippen LogP contribution in [-0.4, -0.2) is 23.5 Å². The molecule has 0 radical (unpaired) electrons. The zero-order valence-electron chi connectivity index (χ0n) is 12.8. The summed E-state index contributed by atoms with van der Waals surface area (Å²) in [5.41, 5.74) is 6.69. The predicted molar refractivity (Wildman–Crippen MR) is 93.9 cm³/mol. The van der Waals surface area contributed by atoms with Crippen LogP contribution < -0.4 is 15.8 Å². The molecule has 24 heavy (non-hydrogen) atoms. The number of ether oxygens (including phenoxy) is 1. The Kier molecular flexibility index (Phi) is 4.67. The fraction of sp³-hybridized carbons (Fsp3) is 0.0556. The van der Waals surface area contributed by atoms with E-state index in [1.54, 1.807) is 24.5 Å². The number of carbonyl (C=O) groups is 1. The molecule has 120 valence electrons. The van der Waals surface area contributed by atoms with E-state index in [2.05, 4.69) is 15.3 Å². The first-order chi connectivity index (χ1) is 11.7. The van der Waals surface area contributed by atoms with Gasteiger partial charge >= 0.3 is 5.97 Å². The summed E-state index contributed by atoms with van der Waals surface area (Å²) in [4.78, 5) is 19.6. The molecule has 0 aliphatic carbocycles. The van der Waals surface area contributed by atoms with Gasteiger partial charge in [0.05, 0.1) is 0 Å². The first-order valence-electron chi connectivity index (χ1n) is 7.38. The van der Waals surface area contributed by atoms with E-state index in [9.17, 15) is 4.79 Å². The highest BCUT2D eigenvalue weighted by atomic mass is 16.5. The van der Waals surface area contributed by atoms with Crippen LogP contribution >= 0.6 is 0 Å². The van der Waals surface area contributed by atoms with Crippen molar-refractivity contribution in [2.75, 3.05) is 11.9 Å². The summed E-state index contributed by atoms with van der Waals surface area (Å²) in [5.74, 6) is 0.0766. The molecule has 0 spiro atoms. The number of guanidine groups is 1. The second-order valence-corrected chi connectivity index (χ2v) is 5.01. The Balaban J connectivity index is 1.64. The van der Waals surface area contributed by atoms with Crippen molar-refractivity contribution in [1.29, 1.82) is 0 Å². The second-order valence-electron chi connectivity index (χ2n) is 5.01. The van der Waals surface area contributed by atoms with Crippen LogP contribution in [0.2, 0.25) is 0 Å². The molecule has 0 unspecified atom stereocenters. The van der Waals surface area contributed by atoms with E-state index in [1.165, 1.54) is 0 Å². The smallest absolute Gasteiger partial charge is 0.333 e. The van der Waals surface area contributed by atoms with Gasteiger partial charge in [0.2, 0.25) is 0 Å². The van der Waals surface area contributed by atoms with Gasteiger partial charge in [-0.15, -0.1) is 0 Å². The summed E-state index contributed by atoms with van der Waals surface area (Å²) in [7, 11) is 0. The largest absolute Gasteiger partial charge is 0.425 e. The van der Waals surface area contributed by atoms with E-state index in [1.807, 2.05) is 42.5 Å². The highest BCUT2D eigenvalue weighted by molar-refractivity contribution is 6.03. The summed E-state index contributed by atoms with van der Waals surface area (Å²) >= 11 is 0. The van der Waals surface area contributed by atoms with E-state index in [0.717, 1.165) is 16.5 Å². The quantitative estimate of drug-likeness (QED) is 0.438. The summed E-state index contributed by atoms with van der Waals surface area (Å²) in [6.07, 6.45) is 3.09. The molecule has 0 atom stereocenters. The molecule has 0 aliphatic heterocycles. The topological polar surface area (TPSA) is 89.6 Å². The Bertz CT molecular complexity index is 873. The number of nitrogens with two attached hydrogens (primary N) is 1. The second kappa shape index (κ2) is 7.23. The molecule has 6 nitrogen and oxygen atoms in total. The maximum atomic E-state index is 11.7. The number of fused-ring (bicyclic) bond motifs is 1. The molecule has 1 heterocycles. The zero-order chi connectivity index (χ0) is 16.8. The van der Waals surface area contributed by atoms with Crippen LogP contribution in [0.4, 0.5) is 5.69 Å². The molecule has 3 N–H and O–H groups in total. The third-order valence-corrected chi connectivity index (χ3v) is 3.31. The van der Waals surface area contributed by atoms with Crippen molar-refractivity contribution in [3.05, 3.63) is 67.0 Å². The minimum absolute atomic E-state index is 0.151. The third-order valence-electron chi connectivity index (χ3n) is 3.31. The molecule has 0 fully saturated rings. The van der Waals surface area contributed by atoms with Crippen molar-refractivity contribution in [3.8, 4) is 5.75 Å². The van der Waals surface area contributed by atoms with Gasteiger partial charge in [0.15, 0.2) is 5.96 Å². The lowest BCUT2D eigenvalue weighted by Crippen LogP contribution is -2.25. The van der Waals surface area contributed by atoms with Crippen molar-refractivity contribution in [2.45, 2.75) is 0 Å². The monoisotopic (exact) mass is 320 g/mol. The van der Waals surface area contributed by atoms with Gasteiger partial charge in [0.25, 0.3) is 0 Å². The molecule has 0 saturated heterocycles. The third kappa shape index (κ3) is 3.86. The van der Waals surface area contributed by atoms with Crippen LogP contribution in [-0.2, 0) is 4.79 Å². The standard InChI is InChI=1S/C18H16N4O2/c19-18(21-12-17(23)24-14-8-10-20-11-9-14)22-16-7-3-5-13-4-1-2-6-15(13)16/h1-11H,12H2,(H3,19,21,22). The van der Waals surface area contributed by atoms with Crippen molar-refractivity contribution in [1.82, 2.24) is 4.98 Å². The number of hydrogen-bond acceptors (Lipinski definition) is 4. The van der Waals surface area contributed by atoms with Gasteiger partial charge in [-0.1, -0.05) is 36.4 Å². The van der Waals surface area contributed by atoms with E-state index in [-0.39, 0.29) is 12.5 Å². The Labute approximate surface area is 139 Å². The van der Waals surface area contributed by atoms with Gasteiger partial charge in [-0.25, -0.2) is 9.79 Å². The predicted octanol–water partition coefficient (Wildman–Crippen LogP) is 2.57. The van der Waals surface area contributed by atoms with E-state index >= 15 is 0 Å². The number of benzene rings is 2. The van der Waals surface area contributed by atoms with Gasteiger partial charge in [0.1, 0.15) is 12.3 Å². The molecule has 0 bridgehead atoms. The number of carbonyl (C=O) groups excluding carboxylic acids is 1. The molecule has 0 amide bonds. The van der Waals surface area contributed by atoms with Gasteiger partial charge in [-0.3, -0.25) is 4.98 Å². The van der Waals surface area contributed by atoms with Crippen molar-refractivity contribution in [3.63, 3.8) is 0 Å². The highest BCUT2D eigenvalue weighted by Crippen LogP contribution is 2.22. The molecule has 2 aromatic carbocycles. The molecule has 3 rings (SSSR count). The van der Waals surface area contributed by atoms with E-state index < -0.39 is 5.97 Å². The number of pyridine rings is 1. The van der Waals surface area contributed by atoms with Crippen LogP contribution in [0, 0.1) is 0 Å². The average Bonchev–Trinajstić information content (AvgIpc) is 2.61. The lowest BCUT2D eigenvalue weighted by molar-refractivity contribution is -0.132. The Morgan fingerprint density at radius 2 is 1.83 bits per heavy atom. The maximum absolute atomic E-state index is 11.7. The molecule has 6 heteroatoms.